The number of fused-ring (bicyclic) bond motifs is 4. The summed E-state index contributed by atoms with van der Waals surface area (Å²) in [6.07, 6.45) is -0.504. The van der Waals surface area contributed by atoms with Crippen molar-refractivity contribution in [1.82, 2.24) is 15.5 Å². The number of nitrogens with one attached hydrogen (secondary N) is 2. The molecule has 1 aliphatic carbocycles. The SMILES string of the molecule is CC(C)[C@H](NC(=O)OCC1c2ccccc2-c2ccccc21)C(=O)N[C@](C)(Cc1ccc(OCc2ccccc2)cc1)C(=O)N(C)[C@H](C)c1cccc2ccccc12. The molecule has 0 bridgehead atoms. The maximum absolute atomic E-state index is 14.8. The highest BCUT2D eigenvalue weighted by molar-refractivity contribution is 5.95. The third kappa shape index (κ3) is 8.61. The van der Waals surface area contributed by atoms with Crippen LogP contribution in [0.1, 0.15) is 67.5 Å². The molecule has 0 aromatic heterocycles. The molecule has 0 heterocycles. The van der Waals surface area contributed by atoms with Crippen molar-refractivity contribution >= 4 is 28.7 Å². The smallest absolute Gasteiger partial charge is 0.407 e. The standard InChI is InChI=1S/C50H51N3O5/c1-33(2)46(51-49(56)58-32-45-43-23-13-11-21-41(43)42-22-12-14-24-44(42)45)47(54)52-50(4,30-35-26-28-38(29-27-35)57-31-36-16-7-6-8-17-36)48(55)53(5)34(3)39-25-15-19-37-18-9-10-20-40(37)39/h6-29,33-34,45-46H,30-32H2,1-5H3,(H,51,56)(H,52,54)/t34-,46+,50-/m1/s1. The fourth-order valence-corrected chi connectivity index (χ4v) is 8.07. The average Bonchev–Trinajstić information content (AvgIpc) is 3.57. The molecule has 0 unspecified atom stereocenters. The molecule has 3 amide bonds. The lowest BCUT2D eigenvalue weighted by Crippen LogP contribution is -2.62. The lowest BCUT2D eigenvalue weighted by Gasteiger charge is -2.38. The van der Waals surface area contributed by atoms with E-state index in [-0.39, 0.29) is 36.8 Å². The van der Waals surface area contributed by atoms with Crippen molar-refractivity contribution in [3.8, 4) is 16.9 Å². The van der Waals surface area contributed by atoms with E-state index < -0.39 is 23.6 Å². The van der Waals surface area contributed by atoms with Crippen LogP contribution in [-0.4, -0.2) is 48.0 Å². The van der Waals surface area contributed by atoms with Crippen LogP contribution in [-0.2, 0) is 27.4 Å². The lowest BCUT2D eigenvalue weighted by atomic mass is 9.88. The fraction of sp³-hybridized carbons (Fsp3) is 0.260. The van der Waals surface area contributed by atoms with Crippen LogP contribution in [0.2, 0.25) is 0 Å². The van der Waals surface area contributed by atoms with Gasteiger partial charge in [-0.3, -0.25) is 9.59 Å². The summed E-state index contributed by atoms with van der Waals surface area (Å²) < 4.78 is 11.9. The Kier molecular flexibility index (Phi) is 11.9. The third-order valence-electron chi connectivity index (χ3n) is 11.3. The van der Waals surface area contributed by atoms with E-state index in [1.54, 1.807) is 18.9 Å². The molecule has 0 aliphatic heterocycles. The molecule has 1 aliphatic rings. The summed E-state index contributed by atoms with van der Waals surface area (Å²) in [6.45, 7) is 8.01. The van der Waals surface area contributed by atoms with E-state index in [0.717, 1.165) is 49.7 Å². The zero-order chi connectivity index (χ0) is 40.8. The van der Waals surface area contributed by atoms with Gasteiger partial charge in [0, 0.05) is 19.4 Å². The number of benzene rings is 6. The Bertz CT molecular complexity index is 2340. The summed E-state index contributed by atoms with van der Waals surface area (Å²) in [5, 5.41) is 8.08. The topological polar surface area (TPSA) is 97.0 Å². The van der Waals surface area contributed by atoms with Crippen molar-refractivity contribution in [1.29, 1.82) is 0 Å². The van der Waals surface area contributed by atoms with Gasteiger partial charge in [-0.1, -0.05) is 147 Å². The molecule has 2 N–H and O–H groups in total. The van der Waals surface area contributed by atoms with Crippen molar-refractivity contribution in [2.75, 3.05) is 13.7 Å². The molecule has 8 heteroatoms. The van der Waals surface area contributed by atoms with E-state index in [4.69, 9.17) is 9.47 Å². The molecule has 3 atom stereocenters. The first-order valence-corrected chi connectivity index (χ1v) is 20.0. The van der Waals surface area contributed by atoms with E-state index in [1.165, 1.54) is 0 Å². The number of alkyl carbamates (subject to hydrolysis) is 1. The summed E-state index contributed by atoms with van der Waals surface area (Å²) in [4.78, 5) is 44.3. The molecule has 296 valence electrons. The van der Waals surface area contributed by atoms with Gasteiger partial charge in [0.15, 0.2) is 0 Å². The summed E-state index contributed by atoms with van der Waals surface area (Å²) in [7, 11) is 1.77. The van der Waals surface area contributed by atoms with Crippen molar-refractivity contribution in [2.24, 2.45) is 5.92 Å². The first kappa shape index (κ1) is 39.8. The number of carbonyl (C=O) groups is 3. The van der Waals surface area contributed by atoms with Gasteiger partial charge in [-0.05, 0) is 81.6 Å². The van der Waals surface area contributed by atoms with Crippen LogP contribution in [0, 0.1) is 5.92 Å². The van der Waals surface area contributed by atoms with Crippen LogP contribution in [0.3, 0.4) is 0 Å². The van der Waals surface area contributed by atoms with Crippen molar-refractivity contribution in [3.05, 3.63) is 173 Å². The van der Waals surface area contributed by atoms with Crippen molar-refractivity contribution in [3.63, 3.8) is 0 Å². The van der Waals surface area contributed by atoms with Crippen LogP contribution in [0.15, 0.2) is 146 Å². The predicted molar refractivity (Wildman–Crippen MR) is 229 cm³/mol. The van der Waals surface area contributed by atoms with Crippen LogP contribution in [0.4, 0.5) is 4.79 Å². The Morgan fingerprint density at radius 2 is 1.31 bits per heavy atom. The number of ether oxygens (including phenoxy) is 2. The minimum atomic E-state index is -1.40. The second-order valence-electron chi connectivity index (χ2n) is 15.8. The summed E-state index contributed by atoms with van der Waals surface area (Å²) in [5.74, 6) is -0.491. The largest absolute Gasteiger partial charge is 0.489 e. The highest BCUT2D eigenvalue weighted by atomic mass is 16.5. The molecule has 7 rings (SSSR count). The Hall–Kier alpha value is -6.41. The van der Waals surface area contributed by atoms with Crippen molar-refractivity contribution < 1.29 is 23.9 Å². The first-order chi connectivity index (χ1) is 28.0. The quantitative estimate of drug-likeness (QED) is 0.115. The molecule has 6 aromatic rings. The van der Waals surface area contributed by atoms with Crippen molar-refractivity contribution in [2.45, 2.75) is 64.3 Å². The summed E-state index contributed by atoms with van der Waals surface area (Å²) in [6, 6.07) is 46.7. The van der Waals surface area contributed by atoms with E-state index in [2.05, 4.69) is 53.1 Å². The molecular weight excluding hydrogens is 723 g/mol. The van der Waals surface area contributed by atoms with E-state index in [0.29, 0.717) is 12.4 Å². The van der Waals surface area contributed by atoms with Gasteiger partial charge in [-0.2, -0.15) is 0 Å². The second kappa shape index (κ2) is 17.4. The van der Waals surface area contributed by atoms with Gasteiger partial charge in [0.2, 0.25) is 11.8 Å². The maximum Gasteiger partial charge on any atom is 0.407 e. The molecule has 0 saturated carbocycles. The number of amides is 3. The Labute approximate surface area is 341 Å². The molecule has 6 aromatic carbocycles. The zero-order valence-electron chi connectivity index (χ0n) is 33.8. The molecule has 58 heavy (non-hydrogen) atoms. The lowest BCUT2D eigenvalue weighted by molar-refractivity contribution is -0.142. The van der Waals surface area contributed by atoms with E-state index in [9.17, 15) is 14.4 Å². The summed E-state index contributed by atoms with van der Waals surface area (Å²) in [5.41, 5.74) is 5.95. The number of nitrogens with zero attached hydrogens (tertiary/aromatic N) is 1. The van der Waals surface area contributed by atoms with Gasteiger partial charge >= 0.3 is 6.09 Å². The average molecular weight is 774 g/mol. The third-order valence-corrected chi connectivity index (χ3v) is 11.3. The van der Waals surface area contributed by atoms with Gasteiger partial charge in [-0.15, -0.1) is 0 Å². The predicted octanol–water partition coefficient (Wildman–Crippen LogP) is 9.62. The van der Waals surface area contributed by atoms with Crippen LogP contribution < -0.4 is 15.4 Å². The van der Waals surface area contributed by atoms with Crippen LogP contribution >= 0.6 is 0 Å². The molecule has 8 nitrogen and oxygen atoms in total. The molecule has 0 spiro atoms. The Morgan fingerprint density at radius 3 is 1.98 bits per heavy atom. The minimum Gasteiger partial charge on any atom is -0.489 e. The number of hydrogen-bond donors (Lipinski definition) is 2. The zero-order valence-corrected chi connectivity index (χ0v) is 33.8. The second-order valence-corrected chi connectivity index (χ2v) is 15.8. The minimum absolute atomic E-state index is 0.115. The number of carbonyl (C=O) groups excluding carboxylic acids is 3. The summed E-state index contributed by atoms with van der Waals surface area (Å²) >= 11 is 0. The van der Waals surface area contributed by atoms with Gasteiger partial charge in [0.25, 0.3) is 0 Å². The monoisotopic (exact) mass is 773 g/mol. The van der Waals surface area contributed by atoms with Gasteiger partial charge in [0.1, 0.15) is 30.5 Å². The Balaban J connectivity index is 1.09. The van der Waals surface area contributed by atoms with Crippen LogP contribution in [0.5, 0.6) is 5.75 Å². The normalized spacial score (nSPS) is 14.1. The fourth-order valence-electron chi connectivity index (χ4n) is 8.07. The first-order valence-electron chi connectivity index (χ1n) is 20.0. The van der Waals surface area contributed by atoms with Gasteiger partial charge in [0.05, 0.1) is 6.04 Å². The maximum atomic E-state index is 14.8. The van der Waals surface area contributed by atoms with E-state index in [1.807, 2.05) is 124 Å². The molecule has 0 saturated heterocycles. The number of likely N-dealkylation sites (N-methyl/N-ethyl adjacent to an activating group) is 1. The molecule has 0 radical (unpaired) electrons. The van der Waals surface area contributed by atoms with Gasteiger partial charge < -0.3 is 25.0 Å². The number of hydrogen-bond acceptors (Lipinski definition) is 5. The Morgan fingerprint density at radius 1 is 0.707 bits per heavy atom. The highest BCUT2D eigenvalue weighted by Crippen LogP contribution is 2.44. The van der Waals surface area contributed by atoms with Gasteiger partial charge in [-0.25, -0.2) is 4.79 Å². The molecular formula is C50H51N3O5. The highest BCUT2D eigenvalue weighted by Gasteiger charge is 2.41. The van der Waals surface area contributed by atoms with Crippen LogP contribution in [0.25, 0.3) is 21.9 Å². The molecule has 0 fully saturated rings. The number of rotatable bonds is 14. The van der Waals surface area contributed by atoms with E-state index >= 15 is 0 Å².